The fraction of sp³-hybridized carbons (Fsp3) is 0.222. The molecule has 4 rings (SSSR count). The first kappa shape index (κ1) is 16.0. The van der Waals surface area contributed by atoms with E-state index >= 15 is 0 Å². The van der Waals surface area contributed by atoms with Crippen LogP contribution >= 0.6 is 0 Å². The number of anilines is 2. The molecule has 0 atom stereocenters. The summed E-state index contributed by atoms with van der Waals surface area (Å²) in [5.41, 5.74) is 8.86. The van der Waals surface area contributed by atoms with Crippen molar-refractivity contribution < 1.29 is 9.18 Å². The highest BCUT2D eigenvalue weighted by atomic mass is 19.1. The topological polar surface area (TPSA) is 72.4 Å². The van der Waals surface area contributed by atoms with E-state index in [4.69, 9.17) is 5.73 Å². The van der Waals surface area contributed by atoms with Crippen molar-refractivity contribution in [2.45, 2.75) is 26.2 Å². The summed E-state index contributed by atoms with van der Waals surface area (Å²) in [5.74, 6) is 0.122. The molecular weight excluding hydrogens is 307 g/mol. The van der Waals surface area contributed by atoms with Crippen molar-refractivity contribution in [1.82, 2.24) is 9.38 Å². The van der Waals surface area contributed by atoms with Gasteiger partial charge in [0.15, 0.2) is 5.82 Å². The average Bonchev–Trinajstić information content (AvgIpc) is 3.37. The van der Waals surface area contributed by atoms with Gasteiger partial charge in [-0.25, -0.2) is 9.37 Å². The van der Waals surface area contributed by atoms with Crippen LogP contribution in [-0.4, -0.2) is 15.8 Å². The Morgan fingerprint density at radius 3 is 2.67 bits per heavy atom. The van der Waals surface area contributed by atoms with Crippen molar-refractivity contribution in [3.8, 4) is 11.1 Å². The summed E-state index contributed by atoms with van der Waals surface area (Å²) in [6, 6.07) is 6.68. The van der Waals surface area contributed by atoms with Gasteiger partial charge in [-0.3, -0.25) is 4.79 Å². The minimum absolute atomic E-state index is 0.334. The summed E-state index contributed by atoms with van der Waals surface area (Å²) in [5, 5.41) is 2.49. The minimum atomic E-state index is -0.334. The van der Waals surface area contributed by atoms with Crippen LogP contribution < -0.4 is 11.1 Å². The van der Waals surface area contributed by atoms with E-state index in [1.165, 1.54) is 25.3 Å². The van der Waals surface area contributed by atoms with Crippen LogP contribution in [0.15, 0.2) is 36.7 Å². The maximum Gasteiger partial charge on any atom is 0.212 e. The van der Waals surface area contributed by atoms with Gasteiger partial charge < -0.3 is 15.5 Å². The average molecular weight is 326 g/mol. The van der Waals surface area contributed by atoms with Crippen LogP contribution in [0.3, 0.4) is 0 Å². The van der Waals surface area contributed by atoms with Crippen LogP contribution in [0.2, 0.25) is 0 Å². The summed E-state index contributed by atoms with van der Waals surface area (Å²) in [6.07, 6.45) is 8.57. The molecule has 24 heavy (non-hydrogen) atoms. The number of hydrogen-bond acceptors (Lipinski definition) is 3. The SMILES string of the molecule is C1CC1.Cc1c(F)cc(N)cc1-c1ccc2nc(NC=O)cn2c1. The molecule has 0 radical (unpaired) electrons. The van der Waals surface area contributed by atoms with Gasteiger partial charge in [0.25, 0.3) is 0 Å². The van der Waals surface area contributed by atoms with Crippen LogP contribution in [0.5, 0.6) is 0 Å². The van der Waals surface area contributed by atoms with E-state index in [0.717, 1.165) is 11.1 Å². The van der Waals surface area contributed by atoms with Gasteiger partial charge >= 0.3 is 0 Å². The third-order valence-electron chi connectivity index (χ3n) is 3.69. The number of benzene rings is 1. The Morgan fingerprint density at radius 1 is 1.25 bits per heavy atom. The molecule has 0 aliphatic heterocycles. The molecule has 0 bridgehead atoms. The first-order valence-electron chi connectivity index (χ1n) is 7.83. The highest BCUT2D eigenvalue weighted by Crippen LogP contribution is 2.28. The second kappa shape index (κ2) is 6.70. The first-order chi connectivity index (χ1) is 11.6. The number of carbonyl (C=O) groups excluding carboxylic acids is 1. The van der Waals surface area contributed by atoms with Gasteiger partial charge in [-0.2, -0.15) is 0 Å². The molecule has 1 amide bonds. The third-order valence-corrected chi connectivity index (χ3v) is 3.69. The molecule has 1 aromatic carbocycles. The number of aromatic nitrogens is 2. The maximum absolute atomic E-state index is 13.8. The quantitative estimate of drug-likeness (QED) is 0.568. The van der Waals surface area contributed by atoms with E-state index in [9.17, 15) is 9.18 Å². The van der Waals surface area contributed by atoms with Crippen molar-refractivity contribution in [1.29, 1.82) is 0 Å². The highest BCUT2D eigenvalue weighted by molar-refractivity contribution is 5.73. The fourth-order valence-electron chi connectivity index (χ4n) is 2.28. The summed E-state index contributed by atoms with van der Waals surface area (Å²) < 4.78 is 15.6. The zero-order valence-electron chi connectivity index (χ0n) is 13.4. The van der Waals surface area contributed by atoms with Crippen molar-refractivity contribution in [2.24, 2.45) is 0 Å². The number of amides is 1. The molecular formula is C18H19FN4O. The van der Waals surface area contributed by atoms with Crippen LogP contribution in [0.4, 0.5) is 15.9 Å². The van der Waals surface area contributed by atoms with E-state index in [1.54, 1.807) is 29.7 Å². The molecule has 2 heterocycles. The molecule has 5 nitrogen and oxygen atoms in total. The molecule has 124 valence electrons. The second-order valence-corrected chi connectivity index (χ2v) is 5.81. The van der Waals surface area contributed by atoms with Gasteiger partial charge in [-0.05, 0) is 47.9 Å². The Bertz CT molecular complexity index is 883. The van der Waals surface area contributed by atoms with E-state index in [0.29, 0.717) is 29.1 Å². The van der Waals surface area contributed by atoms with Crippen LogP contribution in [0.1, 0.15) is 24.8 Å². The lowest BCUT2D eigenvalue weighted by molar-refractivity contribution is -0.105. The van der Waals surface area contributed by atoms with Gasteiger partial charge in [0.05, 0.1) is 6.20 Å². The Kier molecular flexibility index (Phi) is 4.46. The molecule has 0 unspecified atom stereocenters. The van der Waals surface area contributed by atoms with Gasteiger partial charge in [-0.1, -0.05) is 19.3 Å². The molecule has 1 aliphatic carbocycles. The summed E-state index contributed by atoms with van der Waals surface area (Å²) in [7, 11) is 0. The number of nitrogens with zero attached hydrogens (tertiary/aromatic N) is 2. The summed E-state index contributed by atoms with van der Waals surface area (Å²) in [4.78, 5) is 14.7. The molecule has 1 saturated carbocycles. The van der Waals surface area contributed by atoms with Crippen molar-refractivity contribution in [2.75, 3.05) is 11.1 Å². The third kappa shape index (κ3) is 3.53. The second-order valence-electron chi connectivity index (χ2n) is 5.81. The monoisotopic (exact) mass is 326 g/mol. The summed E-state index contributed by atoms with van der Waals surface area (Å²) >= 11 is 0. The van der Waals surface area contributed by atoms with E-state index in [-0.39, 0.29) is 5.82 Å². The Labute approximate surface area is 139 Å². The normalized spacial score (nSPS) is 12.4. The van der Waals surface area contributed by atoms with E-state index in [2.05, 4.69) is 10.3 Å². The summed E-state index contributed by atoms with van der Waals surface area (Å²) in [6.45, 7) is 1.71. The molecule has 3 N–H and O–H groups in total. The van der Waals surface area contributed by atoms with Gasteiger partial charge in [0.1, 0.15) is 11.5 Å². The molecule has 6 heteroatoms. The number of nitrogens with one attached hydrogen (secondary N) is 1. The van der Waals surface area contributed by atoms with Crippen molar-refractivity contribution in [3.05, 3.63) is 48.0 Å². The zero-order chi connectivity index (χ0) is 17.1. The number of imidazole rings is 1. The molecule has 2 aromatic heterocycles. The number of hydrogen-bond donors (Lipinski definition) is 2. The number of nitrogens with two attached hydrogens (primary N) is 1. The minimum Gasteiger partial charge on any atom is -0.399 e. The number of nitrogen functional groups attached to an aromatic ring is 1. The fourth-order valence-corrected chi connectivity index (χ4v) is 2.28. The standard InChI is InChI=1S/C15H13FN4O.C3H6/c1-9-12(4-11(17)5-13(9)16)10-2-3-15-19-14(18-8-21)7-20(15)6-10;1-2-3-1/h2-8H,17H2,1H3,(H,18,21);1-3H2. The lowest BCUT2D eigenvalue weighted by atomic mass is 10.0. The molecule has 0 spiro atoms. The van der Waals surface area contributed by atoms with Crippen molar-refractivity contribution >= 4 is 23.6 Å². The maximum atomic E-state index is 13.8. The van der Waals surface area contributed by atoms with Crippen LogP contribution in [0, 0.1) is 12.7 Å². The number of pyridine rings is 1. The largest absolute Gasteiger partial charge is 0.399 e. The number of fused-ring (bicyclic) bond motifs is 1. The Morgan fingerprint density at radius 2 is 2.00 bits per heavy atom. The van der Waals surface area contributed by atoms with E-state index in [1.807, 2.05) is 12.3 Å². The van der Waals surface area contributed by atoms with Gasteiger partial charge in [0, 0.05) is 11.9 Å². The number of rotatable bonds is 3. The van der Waals surface area contributed by atoms with Crippen LogP contribution in [0.25, 0.3) is 16.8 Å². The molecule has 1 aliphatic rings. The molecule has 3 aromatic rings. The molecule has 1 fully saturated rings. The smallest absolute Gasteiger partial charge is 0.212 e. The lowest BCUT2D eigenvalue weighted by Crippen LogP contribution is -1.94. The van der Waals surface area contributed by atoms with Gasteiger partial charge in [0.2, 0.25) is 6.41 Å². The highest BCUT2D eigenvalue weighted by Gasteiger charge is 2.09. The predicted molar refractivity (Wildman–Crippen MR) is 93.3 cm³/mol. The zero-order valence-corrected chi connectivity index (χ0v) is 13.4. The Balaban J connectivity index is 0.000000508. The lowest BCUT2D eigenvalue weighted by Gasteiger charge is -2.09. The van der Waals surface area contributed by atoms with Gasteiger partial charge in [-0.15, -0.1) is 0 Å². The predicted octanol–water partition coefficient (Wildman–Crippen LogP) is 3.77. The number of carbonyl (C=O) groups is 1. The number of halogens is 1. The molecule has 0 saturated heterocycles. The first-order valence-corrected chi connectivity index (χ1v) is 7.83. The Hall–Kier alpha value is -2.89. The van der Waals surface area contributed by atoms with Crippen LogP contribution in [-0.2, 0) is 4.79 Å². The van der Waals surface area contributed by atoms with E-state index < -0.39 is 0 Å². The van der Waals surface area contributed by atoms with Crippen molar-refractivity contribution in [3.63, 3.8) is 0 Å².